The van der Waals surface area contributed by atoms with Gasteiger partial charge in [-0.1, -0.05) is 61.3 Å². The summed E-state index contributed by atoms with van der Waals surface area (Å²) in [4.78, 5) is 0. The molecular formula is C14H19Cl2N. The van der Waals surface area contributed by atoms with Crippen LogP contribution in [0.3, 0.4) is 0 Å². The van der Waals surface area contributed by atoms with Gasteiger partial charge in [-0.25, -0.2) is 0 Å². The van der Waals surface area contributed by atoms with E-state index in [-0.39, 0.29) is 0 Å². The molecule has 17 heavy (non-hydrogen) atoms. The molecule has 0 unspecified atom stereocenters. The van der Waals surface area contributed by atoms with E-state index in [0.717, 1.165) is 25.1 Å². The van der Waals surface area contributed by atoms with Crippen LogP contribution >= 0.6 is 23.2 Å². The lowest BCUT2D eigenvalue weighted by atomic mass is 10.2. The molecule has 1 aromatic carbocycles. The van der Waals surface area contributed by atoms with Crippen LogP contribution in [-0.2, 0) is 0 Å². The van der Waals surface area contributed by atoms with Crippen molar-refractivity contribution in [2.24, 2.45) is 5.92 Å². The summed E-state index contributed by atoms with van der Waals surface area (Å²) in [6.07, 6.45) is 5.13. The predicted octanol–water partition coefficient (Wildman–Crippen LogP) is 4.64. The van der Waals surface area contributed by atoms with Crippen molar-refractivity contribution >= 4 is 29.3 Å². The Morgan fingerprint density at radius 1 is 1.29 bits per heavy atom. The molecule has 0 aliphatic heterocycles. The molecule has 1 nitrogen and oxygen atoms in total. The fraction of sp³-hybridized carbons (Fsp3) is 0.429. The second-order valence-corrected chi connectivity index (χ2v) is 5.22. The van der Waals surface area contributed by atoms with Crippen LogP contribution < -0.4 is 5.32 Å². The maximum absolute atomic E-state index is 6.08. The fourth-order valence-corrected chi connectivity index (χ4v) is 1.81. The first-order valence-corrected chi connectivity index (χ1v) is 6.68. The van der Waals surface area contributed by atoms with Crippen molar-refractivity contribution in [3.8, 4) is 0 Å². The van der Waals surface area contributed by atoms with Crippen LogP contribution in [0, 0.1) is 5.92 Å². The van der Waals surface area contributed by atoms with E-state index in [0.29, 0.717) is 16.0 Å². The maximum atomic E-state index is 6.08. The predicted molar refractivity (Wildman–Crippen MR) is 77.8 cm³/mol. The first-order valence-electron chi connectivity index (χ1n) is 5.92. The van der Waals surface area contributed by atoms with Gasteiger partial charge in [-0.15, -0.1) is 0 Å². The Hall–Kier alpha value is -0.500. The zero-order valence-electron chi connectivity index (χ0n) is 10.3. The third-order valence-corrected chi connectivity index (χ3v) is 3.15. The monoisotopic (exact) mass is 271 g/mol. The Kier molecular flexibility index (Phi) is 6.64. The van der Waals surface area contributed by atoms with Crippen molar-refractivity contribution in [3.63, 3.8) is 0 Å². The van der Waals surface area contributed by atoms with Crippen LogP contribution in [0.25, 0.3) is 6.08 Å². The molecule has 0 saturated carbocycles. The Balaban J connectivity index is 2.36. The first kappa shape index (κ1) is 14.6. The number of halogens is 2. The molecule has 0 amide bonds. The second kappa shape index (κ2) is 7.75. The van der Waals surface area contributed by atoms with Gasteiger partial charge in [-0.3, -0.25) is 0 Å². The van der Waals surface area contributed by atoms with Gasteiger partial charge in [0.15, 0.2) is 0 Å². The van der Waals surface area contributed by atoms with E-state index in [1.807, 2.05) is 18.2 Å². The summed E-state index contributed by atoms with van der Waals surface area (Å²) in [7, 11) is 0. The topological polar surface area (TPSA) is 12.0 Å². The molecule has 0 aliphatic rings. The molecule has 0 heterocycles. The van der Waals surface area contributed by atoms with Crippen LogP contribution in [0.2, 0.25) is 10.0 Å². The van der Waals surface area contributed by atoms with Gasteiger partial charge in [0.05, 0.1) is 10.0 Å². The molecule has 0 aromatic heterocycles. The van der Waals surface area contributed by atoms with Crippen LogP contribution in [0.5, 0.6) is 0 Å². The average molecular weight is 272 g/mol. The van der Waals surface area contributed by atoms with Crippen molar-refractivity contribution in [2.45, 2.75) is 20.3 Å². The third kappa shape index (κ3) is 5.58. The summed E-state index contributed by atoms with van der Waals surface area (Å²) in [5.74, 6) is 0.696. The molecule has 0 atom stereocenters. The van der Waals surface area contributed by atoms with E-state index in [1.165, 1.54) is 0 Å². The summed E-state index contributed by atoms with van der Waals surface area (Å²) >= 11 is 12.0. The smallest absolute Gasteiger partial charge is 0.0664 e. The summed E-state index contributed by atoms with van der Waals surface area (Å²) in [5, 5.41) is 4.62. The van der Waals surface area contributed by atoms with E-state index in [4.69, 9.17) is 23.2 Å². The lowest BCUT2D eigenvalue weighted by Gasteiger charge is -2.05. The van der Waals surface area contributed by atoms with Gasteiger partial charge in [0.2, 0.25) is 0 Å². The van der Waals surface area contributed by atoms with Gasteiger partial charge in [0.1, 0.15) is 0 Å². The van der Waals surface area contributed by atoms with Crippen molar-refractivity contribution in [2.75, 3.05) is 13.1 Å². The van der Waals surface area contributed by atoms with Crippen LogP contribution in [-0.4, -0.2) is 13.1 Å². The van der Waals surface area contributed by atoms with Crippen molar-refractivity contribution in [1.29, 1.82) is 0 Å². The van der Waals surface area contributed by atoms with Gasteiger partial charge < -0.3 is 5.32 Å². The molecule has 1 rings (SSSR count). The molecule has 94 valence electrons. The molecular weight excluding hydrogens is 253 g/mol. The number of hydrogen-bond acceptors (Lipinski definition) is 1. The quantitative estimate of drug-likeness (QED) is 0.744. The lowest BCUT2D eigenvalue weighted by Crippen LogP contribution is -2.20. The number of benzene rings is 1. The molecule has 1 N–H and O–H groups in total. The Labute approximate surface area is 114 Å². The summed E-state index contributed by atoms with van der Waals surface area (Å²) < 4.78 is 0. The number of rotatable bonds is 6. The van der Waals surface area contributed by atoms with E-state index in [2.05, 4.69) is 25.2 Å². The van der Waals surface area contributed by atoms with Gasteiger partial charge in [0.25, 0.3) is 0 Å². The Morgan fingerprint density at radius 2 is 2.06 bits per heavy atom. The summed E-state index contributed by atoms with van der Waals surface area (Å²) in [6.45, 7) is 6.46. The van der Waals surface area contributed by atoms with Gasteiger partial charge in [-0.05, 0) is 37.1 Å². The minimum Gasteiger partial charge on any atom is -0.316 e. The molecule has 0 radical (unpaired) electrons. The zero-order chi connectivity index (χ0) is 12.7. The molecule has 0 spiro atoms. The summed E-state index contributed by atoms with van der Waals surface area (Å²) in [5.41, 5.74) is 0.975. The molecule has 3 heteroatoms. The second-order valence-electron chi connectivity index (χ2n) is 4.43. The van der Waals surface area contributed by atoms with Crippen molar-refractivity contribution < 1.29 is 0 Å². The molecule has 0 fully saturated rings. The lowest BCUT2D eigenvalue weighted by molar-refractivity contribution is 0.557. The fourth-order valence-electron chi connectivity index (χ4n) is 1.44. The highest BCUT2D eigenvalue weighted by Gasteiger charge is 1.99. The minimum atomic E-state index is 0.603. The highest BCUT2D eigenvalue weighted by molar-refractivity contribution is 6.42. The van der Waals surface area contributed by atoms with Gasteiger partial charge in [-0.2, -0.15) is 0 Å². The van der Waals surface area contributed by atoms with Crippen LogP contribution in [0.15, 0.2) is 24.3 Å². The van der Waals surface area contributed by atoms with E-state index in [1.54, 1.807) is 6.07 Å². The number of hydrogen-bond donors (Lipinski definition) is 1. The van der Waals surface area contributed by atoms with Gasteiger partial charge in [0, 0.05) is 0 Å². The normalized spacial score (nSPS) is 11.6. The largest absolute Gasteiger partial charge is 0.316 e. The minimum absolute atomic E-state index is 0.603. The molecule has 1 aromatic rings. The van der Waals surface area contributed by atoms with Crippen LogP contribution in [0.4, 0.5) is 0 Å². The van der Waals surface area contributed by atoms with Gasteiger partial charge >= 0.3 is 0 Å². The summed E-state index contributed by atoms with van der Waals surface area (Å²) in [6, 6.07) is 5.67. The highest BCUT2D eigenvalue weighted by atomic mass is 35.5. The Bertz CT molecular complexity index is 372. The first-order chi connectivity index (χ1) is 8.11. The van der Waals surface area contributed by atoms with E-state index in [9.17, 15) is 0 Å². The molecule has 0 bridgehead atoms. The third-order valence-electron chi connectivity index (χ3n) is 2.32. The zero-order valence-corrected chi connectivity index (χ0v) is 11.9. The van der Waals surface area contributed by atoms with Crippen molar-refractivity contribution in [3.05, 3.63) is 39.9 Å². The SMILES string of the molecule is CC(C)CNCCC=Cc1cccc(Cl)c1Cl. The molecule has 0 aliphatic carbocycles. The number of nitrogens with one attached hydrogen (secondary N) is 1. The Morgan fingerprint density at radius 3 is 2.76 bits per heavy atom. The standard InChI is InChI=1S/C14H19Cl2N/c1-11(2)10-17-9-4-3-6-12-7-5-8-13(15)14(12)16/h3,5-8,11,17H,4,9-10H2,1-2H3. The molecule has 0 saturated heterocycles. The van der Waals surface area contributed by atoms with E-state index >= 15 is 0 Å². The average Bonchev–Trinajstić information content (AvgIpc) is 2.28. The van der Waals surface area contributed by atoms with Crippen molar-refractivity contribution in [1.82, 2.24) is 5.32 Å². The van der Waals surface area contributed by atoms with Crippen LogP contribution in [0.1, 0.15) is 25.8 Å². The van der Waals surface area contributed by atoms with E-state index < -0.39 is 0 Å². The maximum Gasteiger partial charge on any atom is 0.0664 e. The highest BCUT2D eigenvalue weighted by Crippen LogP contribution is 2.26.